The van der Waals surface area contributed by atoms with E-state index in [1.807, 2.05) is 12.1 Å². The Bertz CT molecular complexity index is 565. The summed E-state index contributed by atoms with van der Waals surface area (Å²) in [7, 11) is 0. The molecule has 2 aliphatic carbocycles. The van der Waals surface area contributed by atoms with Crippen LogP contribution >= 0.6 is 0 Å². The third-order valence-corrected chi connectivity index (χ3v) is 6.62. The summed E-state index contributed by atoms with van der Waals surface area (Å²) in [5, 5.41) is 7.46. The number of furan rings is 1. The number of aliphatic imine (C=N–C) groups is 1. The summed E-state index contributed by atoms with van der Waals surface area (Å²) < 4.78 is 5.44. The van der Waals surface area contributed by atoms with Crippen molar-refractivity contribution in [2.75, 3.05) is 19.6 Å². The predicted octanol–water partition coefficient (Wildman–Crippen LogP) is 3.71. The average Bonchev–Trinajstić information content (AvgIpc) is 3.46. The minimum absolute atomic E-state index is 0.555. The second kappa shape index (κ2) is 9.63. The van der Waals surface area contributed by atoms with Crippen molar-refractivity contribution in [3.8, 4) is 0 Å². The fourth-order valence-corrected chi connectivity index (χ4v) is 5.00. The van der Waals surface area contributed by atoms with Gasteiger partial charge in [-0.05, 0) is 50.7 Å². The molecule has 0 bridgehead atoms. The van der Waals surface area contributed by atoms with Gasteiger partial charge in [0, 0.05) is 44.2 Å². The average molecular weight is 373 g/mol. The number of piperidine rings is 1. The van der Waals surface area contributed by atoms with E-state index in [0.29, 0.717) is 12.1 Å². The summed E-state index contributed by atoms with van der Waals surface area (Å²) in [6, 6.07) is 6.00. The molecule has 0 unspecified atom stereocenters. The van der Waals surface area contributed by atoms with Crippen LogP contribution in [0.25, 0.3) is 0 Å². The third kappa shape index (κ3) is 5.50. The molecule has 2 saturated carbocycles. The maximum absolute atomic E-state index is 5.44. The third-order valence-electron chi connectivity index (χ3n) is 6.62. The van der Waals surface area contributed by atoms with Crippen LogP contribution in [-0.2, 0) is 6.42 Å². The normalized spacial score (nSPS) is 23.9. The van der Waals surface area contributed by atoms with E-state index in [9.17, 15) is 0 Å². The number of hydrogen-bond donors (Lipinski definition) is 2. The van der Waals surface area contributed by atoms with Gasteiger partial charge in [-0.25, -0.2) is 0 Å². The van der Waals surface area contributed by atoms with Gasteiger partial charge in [0.25, 0.3) is 0 Å². The maximum Gasteiger partial charge on any atom is 0.191 e. The highest BCUT2D eigenvalue weighted by molar-refractivity contribution is 5.80. The van der Waals surface area contributed by atoms with Crippen molar-refractivity contribution >= 4 is 5.96 Å². The second-order valence-corrected chi connectivity index (χ2v) is 8.58. The Balaban J connectivity index is 1.28. The molecule has 4 rings (SSSR count). The second-order valence-electron chi connectivity index (χ2n) is 8.58. The van der Waals surface area contributed by atoms with Crippen molar-refractivity contribution < 1.29 is 4.42 Å². The van der Waals surface area contributed by atoms with Gasteiger partial charge in [0.2, 0.25) is 0 Å². The van der Waals surface area contributed by atoms with Crippen molar-refractivity contribution in [2.24, 2.45) is 4.99 Å². The summed E-state index contributed by atoms with van der Waals surface area (Å²) in [5.41, 5.74) is 0. The molecule has 0 atom stereocenters. The number of rotatable bonds is 6. The van der Waals surface area contributed by atoms with Crippen molar-refractivity contribution in [1.82, 2.24) is 15.5 Å². The van der Waals surface area contributed by atoms with Gasteiger partial charge in [-0.3, -0.25) is 4.99 Å². The Kier molecular flexibility index (Phi) is 6.72. The number of nitrogens with zero attached hydrogens (tertiary/aromatic N) is 2. The largest absolute Gasteiger partial charge is 0.469 e. The SMILES string of the molecule is c1coc(CCN=C(NC2CCCC2)NC2CCN(C3CCCC3)CC2)c1. The number of nitrogens with one attached hydrogen (secondary N) is 2. The maximum atomic E-state index is 5.44. The van der Waals surface area contributed by atoms with Crippen LogP contribution in [0.5, 0.6) is 0 Å². The molecule has 1 aliphatic heterocycles. The smallest absolute Gasteiger partial charge is 0.191 e. The standard InChI is InChI=1S/C22H36N4O/c1-2-7-18(6-1)24-22(23-14-11-21-10-5-17-27-21)25-19-12-15-26(16-13-19)20-8-3-4-9-20/h5,10,17-20H,1-4,6-9,11-16H2,(H2,23,24,25). The molecule has 1 aromatic rings. The molecule has 1 aromatic heterocycles. The lowest BCUT2D eigenvalue weighted by Crippen LogP contribution is -2.51. The highest BCUT2D eigenvalue weighted by atomic mass is 16.3. The predicted molar refractivity (Wildman–Crippen MR) is 110 cm³/mol. The molecule has 2 N–H and O–H groups in total. The Labute approximate surface area is 164 Å². The van der Waals surface area contributed by atoms with Crippen molar-refractivity contribution in [3.63, 3.8) is 0 Å². The van der Waals surface area contributed by atoms with Crippen LogP contribution in [0, 0.1) is 0 Å². The molecule has 3 fully saturated rings. The van der Waals surface area contributed by atoms with Crippen molar-refractivity contribution in [3.05, 3.63) is 24.2 Å². The van der Waals surface area contributed by atoms with Gasteiger partial charge in [0.1, 0.15) is 5.76 Å². The Hall–Kier alpha value is -1.49. The Morgan fingerprint density at radius 2 is 1.63 bits per heavy atom. The van der Waals surface area contributed by atoms with Crippen LogP contribution in [0.1, 0.15) is 70.0 Å². The number of guanidine groups is 1. The summed E-state index contributed by atoms with van der Waals surface area (Å²) in [6.07, 6.45) is 16.0. The van der Waals surface area contributed by atoms with Crippen molar-refractivity contribution in [2.45, 2.75) is 88.8 Å². The minimum atomic E-state index is 0.555. The van der Waals surface area contributed by atoms with Crippen LogP contribution < -0.4 is 10.6 Å². The summed E-state index contributed by atoms with van der Waals surface area (Å²) in [5.74, 6) is 2.04. The summed E-state index contributed by atoms with van der Waals surface area (Å²) in [6.45, 7) is 3.26. The molecule has 0 aromatic carbocycles. The number of hydrogen-bond acceptors (Lipinski definition) is 3. The molecule has 0 amide bonds. The van der Waals surface area contributed by atoms with Gasteiger partial charge in [0.05, 0.1) is 6.26 Å². The Morgan fingerprint density at radius 3 is 2.30 bits per heavy atom. The number of likely N-dealkylation sites (tertiary alicyclic amines) is 1. The highest BCUT2D eigenvalue weighted by Crippen LogP contribution is 2.26. The minimum Gasteiger partial charge on any atom is -0.469 e. The van der Waals surface area contributed by atoms with Crippen molar-refractivity contribution in [1.29, 1.82) is 0 Å². The monoisotopic (exact) mass is 372 g/mol. The van der Waals surface area contributed by atoms with Gasteiger partial charge in [0.15, 0.2) is 5.96 Å². The zero-order chi connectivity index (χ0) is 18.3. The molecule has 150 valence electrons. The molecule has 0 radical (unpaired) electrons. The molecule has 1 saturated heterocycles. The van der Waals surface area contributed by atoms with Gasteiger partial charge < -0.3 is 20.0 Å². The van der Waals surface area contributed by atoms with Crippen LogP contribution in [0.15, 0.2) is 27.8 Å². The van der Waals surface area contributed by atoms with Gasteiger partial charge in [-0.15, -0.1) is 0 Å². The topological polar surface area (TPSA) is 52.8 Å². The van der Waals surface area contributed by atoms with E-state index in [-0.39, 0.29) is 0 Å². The first kappa shape index (κ1) is 18.9. The van der Waals surface area contributed by atoms with E-state index in [1.54, 1.807) is 6.26 Å². The molecule has 5 heteroatoms. The molecule has 0 spiro atoms. The van der Waals surface area contributed by atoms with E-state index in [0.717, 1.165) is 30.7 Å². The molecular weight excluding hydrogens is 336 g/mol. The van der Waals surface area contributed by atoms with Crippen LogP contribution in [0.2, 0.25) is 0 Å². The molecule has 3 aliphatic rings. The van der Waals surface area contributed by atoms with Crippen LogP contribution in [-0.4, -0.2) is 48.6 Å². The van der Waals surface area contributed by atoms with Crippen LogP contribution in [0.4, 0.5) is 0 Å². The lowest BCUT2D eigenvalue weighted by atomic mass is 10.0. The van der Waals surface area contributed by atoms with E-state index in [1.165, 1.54) is 77.3 Å². The highest BCUT2D eigenvalue weighted by Gasteiger charge is 2.27. The lowest BCUT2D eigenvalue weighted by Gasteiger charge is -2.37. The van der Waals surface area contributed by atoms with Crippen LogP contribution in [0.3, 0.4) is 0 Å². The molecular formula is C22H36N4O. The first-order chi connectivity index (χ1) is 13.4. The van der Waals surface area contributed by atoms with Gasteiger partial charge in [-0.2, -0.15) is 0 Å². The van der Waals surface area contributed by atoms with E-state index in [2.05, 4.69) is 15.5 Å². The first-order valence-corrected chi connectivity index (χ1v) is 11.2. The first-order valence-electron chi connectivity index (χ1n) is 11.2. The molecule has 2 heterocycles. The lowest BCUT2D eigenvalue weighted by molar-refractivity contribution is 0.150. The van der Waals surface area contributed by atoms with E-state index >= 15 is 0 Å². The van der Waals surface area contributed by atoms with E-state index < -0.39 is 0 Å². The Morgan fingerprint density at radius 1 is 0.963 bits per heavy atom. The van der Waals surface area contributed by atoms with Gasteiger partial charge >= 0.3 is 0 Å². The fourth-order valence-electron chi connectivity index (χ4n) is 5.00. The summed E-state index contributed by atoms with van der Waals surface area (Å²) >= 11 is 0. The zero-order valence-electron chi connectivity index (χ0n) is 16.7. The zero-order valence-corrected chi connectivity index (χ0v) is 16.7. The molecule has 5 nitrogen and oxygen atoms in total. The van der Waals surface area contributed by atoms with E-state index in [4.69, 9.17) is 9.41 Å². The quantitative estimate of drug-likeness (QED) is 0.590. The van der Waals surface area contributed by atoms with Gasteiger partial charge in [-0.1, -0.05) is 25.7 Å². The molecule has 27 heavy (non-hydrogen) atoms. The summed E-state index contributed by atoms with van der Waals surface area (Å²) in [4.78, 5) is 7.61. The fraction of sp³-hybridized carbons (Fsp3) is 0.773.